The highest BCUT2D eigenvalue weighted by molar-refractivity contribution is 5.97. The van der Waals surface area contributed by atoms with Crippen LogP contribution in [-0.4, -0.2) is 192 Å². The monoisotopic (exact) mass is 1200 g/mol. The zero-order valence-corrected chi connectivity index (χ0v) is 48.7. The predicted octanol–water partition coefficient (Wildman–Crippen LogP) is -1.92. The van der Waals surface area contributed by atoms with E-state index in [0.717, 1.165) is 64.2 Å². The summed E-state index contributed by atoms with van der Waals surface area (Å²) in [5.41, 5.74) is 11.5. The van der Waals surface area contributed by atoms with Crippen molar-refractivity contribution >= 4 is 71.0 Å². The summed E-state index contributed by atoms with van der Waals surface area (Å²) in [6.45, 7) is -0.766. The Morgan fingerprint density at radius 1 is 0.560 bits per heavy atom. The molecular weight excluding hydrogens is 1100 g/mol. The number of imidazole rings is 1. The van der Waals surface area contributed by atoms with E-state index >= 15 is 0 Å². The Morgan fingerprint density at radius 2 is 1.08 bits per heavy atom. The van der Waals surface area contributed by atoms with Crippen molar-refractivity contribution in [2.45, 2.75) is 191 Å². The first kappa shape index (κ1) is 74.7. The molecule has 0 saturated carbocycles. The van der Waals surface area contributed by atoms with Gasteiger partial charge < -0.3 is 89.1 Å². The molecule has 1 heterocycles. The number of aromatic nitrogens is 2. The number of aliphatic carboxylic acids is 2. The van der Waals surface area contributed by atoms with Gasteiger partial charge in [0.15, 0.2) is 0 Å². The molecule has 1 rings (SSSR count). The molecule has 17 N–H and O–H groups in total. The average molecular weight is 1200 g/mol. The van der Waals surface area contributed by atoms with E-state index in [1.165, 1.54) is 45.3 Å². The quantitative estimate of drug-likeness (QED) is 0.0316. The van der Waals surface area contributed by atoms with Gasteiger partial charge in [0.1, 0.15) is 42.9 Å². The third kappa shape index (κ3) is 36.3. The Bertz CT molecular complexity index is 2170. The topological polar surface area (TPSA) is 473 Å². The van der Waals surface area contributed by atoms with Gasteiger partial charge in [0.2, 0.25) is 59.1 Å². The minimum atomic E-state index is -1.68. The number of ether oxygens (including phenoxy) is 2. The van der Waals surface area contributed by atoms with Gasteiger partial charge in [0.05, 0.1) is 51.4 Å². The number of primary amides is 1. The highest BCUT2D eigenvalue weighted by atomic mass is 16.5. The van der Waals surface area contributed by atoms with Gasteiger partial charge >= 0.3 is 11.9 Å². The summed E-state index contributed by atoms with van der Waals surface area (Å²) >= 11 is 0. The van der Waals surface area contributed by atoms with Crippen molar-refractivity contribution in [3.8, 4) is 0 Å². The minimum absolute atomic E-state index is 0.00396. The lowest BCUT2D eigenvalue weighted by atomic mass is 10.0. The fourth-order valence-electron chi connectivity index (χ4n) is 8.27. The number of unbranched alkanes of at least 4 members (excludes halogenated alkanes) is 14. The molecule has 30 nitrogen and oxygen atoms in total. The zero-order chi connectivity index (χ0) is 62.5. The largest absolute Gasteiger partial charge is 0.481 e. The standard InChI is InChI=1S/C54H93N13O17/c1-3-4-19-37(49(76)57-2)64-52(79)41(30-55)67-51(78)39(28-36-31-58-35-61-36)66-50(77)38(22-23-43(56)69)65-53(80)42(33-68)63-46(72)32-60-47(73)34-84-27-26-83-25-24-59-45(71)29-40(54(81)82)62-44(70)20-17-15-13-11-9-7-5-6-8-10-12-14-16-18-21-48(74)75/h31,35,37-42,68H,3-30,32-34,55H2,1-2H3,(H2,56,69)(H,57,76)(H,58,61)(H,59,71)(H,60,73)(H,62,70)(H,63,72)(H,64,79)(H,65,80)(H,66,77)(H,67,78)(H,74,75)(H,81,82)/t37-,38-,39-,40-,41-,42-/m0/s1. The first-order valence-electron chi connectivity index (χ1n) is 29.0. The molecule has 0 aliphatic rings. The number of carbonyl (C=O) groups excluding carboxylic acids is 10. The van der Waals surface area contributed by atoms with Crippen molar-refractivity contribution in [3.63, 3.8) is 0 Å². The van der Waals surface area contributed by atoms with Crippen LogP contribution in [0.2, 0.25) is 0 Å². The molecule has 10 amide bonds. The zero-order valence-electron chi connectivity index (χ0n) is 48.7. The van der Waals surface area contributed by atoms with Crippen LogP contribution in [0.25, 0.3) is 0 Å². The molecule has 1 aromatic heterocycles. The van der Waals surface area contributed by atoms with Crippen LogP contribution < -0.4 is 59.3 Å². The molecule has 0 saturated heterocycles. The third-order valence-electron chi connectivity index (χ3n) is 13.0. The maximum Gasteiger partial charge on any atom is 0.326 e. The maximum absolute atomic E-state index is 13.8. The number of nitrogens with zero attached hydrogens (tertiary/aromatic N) is 1. The molecule has 0 aromatic carbocycles. The molecular formula is C54H93N13O17. The minimum Gasteiger partial charge on any atom is -0.481 e. The molecule has 0 aliphatic carbocycles. The van der Waals surface area contributed by atoms with Crippen molar-refractivity contribution in [1.82, 2.24) is 57.8 Å². The number of hydrogen-bond acceptors (Lipinski definition) is 17. The van der Waals surface area contributed by atoms with Gasteiger partial charge in [-0.2, -0.15) is 0 Å². The highest BCUT2D eigenvalue weighted by Crippen LogP contribution is 2.14. The number of hydrogen-bond donors (Lipinski definition) is 15. The molecule has 0 aliphatic heterocycles. The number of aromatic amines is 1. The van der Waals surface area contributed by atoms with E-state index in [1.807, 2.05) is 6.92 Å². The van der Waals surface area contributed by atoms with Gasteiger partial charge in [-0.15, -0.1) is 0 Å². The summed E-state index contributed by atoms with van der Waals surface area (Å²) in [6, 6.07) is -8.41. The summed E-state index contributed by atoms with van der Waals surface area (Å²) < 4.78 is 10.6. The number of H-pyrrole nitrogens is 1. The number of nitrogens with one attached hydrogen (secondary N) is 10. The normalized spacial score (nSPS) is 13.1. The number of aliphatic hydroxyl groups is 1. The van der Waals surface area contributed by atoms with Crippen LogP contribution in [0.15, 0.2) is 12.5 Å². The van der Waals surface area contributed by atoms with Gasteiger partial charge in [-0.25, -0.2) is 9.78 Å². The second-order valence-corrected chi connectivity index (χ2v) is 20.1. The van der Waals surface area contributed by atoms with E-state index in [-0.39, 0.29) is 45.6 Å². The predicted molar refractivity (Wildman–Crippen MR) is 303 cm³/mol. The second-order valence-electron chi connectivity index (χ2n) is 20.1. The Labute approximate surface area is 490 Å². The lowest BCUT2D eigenvalue weighted by Crippen LogP contribution is -2.61. The van der Waals surface area contributed by atoms with Crippen LogP contribution in [0.1, 0.15) is 154 Å². The van der Waals surface area contributed by atoms with Crippen LogP contribution in [0, 0.1) is 0 Å². The molecule has 30 heteroatoms. The number of aliphatic hydroxyl groups excluding tert-OH is 1. The van der Waals surface area contributed by atoms with Gasteiger partial charge in [0, 0.05) is 52.0 Å². The second kappa shape index (κ2) is 46.1. The lowest BCUT2D eigenvalue weighted by Gasteiger charge is -2.26. The van der Waals surface area contributed by atoms with Crippen LogP contribution in [0.5, 0.6) is 0 Å². The number of likely N-dealkylation sites (N-methyl/N-ethyl adjacent to an activating group) is 1. The molecule has 0 fully saturated rings. The molecule has 0 unspecified atom stereocenters. The van der Waals surface area contributed by atoms with E-state index < -0.39 is 153 Å². The van der Waals surface area contributed by atoms with E-state index in [4.69, 9.17) is 26.0 Å². The number of rotatable bonds is 51. The van der Waals surface area contributed by atoms with Crippen LogP contribution in [-0.2, 0) is 73.4 Å². The molecule has 0 bridgehead atoms. The van der Waals surface area contributed by atoms with Gasteiger partial charge in [0.25, 0.3) is 0 Å². The van der Waals surface area contributed by atoms with Crippen molar-refractivity contribution in [1.29, 1.82) is 0 Å². The first-order chi connectivity index (χ1) is 40.2. The number of carboxylic acid groups (broad SMARTS) is 2. The number of carboxylic acids is 2. The van der Waals surface area contributed by atoms with Crippen molar-refractivity contribution in [3.05, 3.63) is 18.2 Å². The number of carbonyl (C=O) groups is 12. The van der Waals surface area contributed by atoms with Crippen LogP contribution >= 0.6 is 0 Å². The van der Waals surface area contributed by atoms with E-state index in [9.17, 15) is 67.7 Å². The maximum atomic E-state index is 13.8. The molecule has 0 radical (unpaired) electrons. The van der Waals surface area contributed by atoms with Crippen molar-refractivity contribution < 1.29 is 82.3 Å². The lowest BCUT2D eigenvalue weighted by molar-refractivity contribution is -0.143. The summed E-state index contributed by atoms with van der Waals surface area (Å²) in [4.78, 5) is 157. The fraction of sp³-hybridized carbons (Fsp3) is 0.722. The number of amides is 10. The molecule has 84 heavy (non-hydrogen) atoms. The summed E-state index contributed by atoms with van der Waals surface area (Å²) in [6.07, 6.45) is 17.6. The van der Waals surface area contributed by atoms with Gasteiger partial charge in [-0.3, -0.25) is 52.7 Å². The SMILES string of the molecule is CCCC[C@H](NC(=O)[C@H](CN)NC(=O)[C@H](Cc1c[nH]cn1)NC(=O)[C@H](CCC(N)=O)NC(=O)[C@H](CO)NC(=O)CNC(=O)COCCOCCNC(=O)C[C@H](NC(=O)CCCCCCCCCCCCCCCCC(=O)O)C(=O)O)C(=O)NC. The molecule has 1 aromatic rings. The van der Waals surface area contributed by atoms with E-state index in [0.29, 0.717) is 25.0 Å². The first-order valence-corrected chi connectivity index (χ1v) is 29.0. The Hall–Kier alpha value is -7.31. The summed E-state index contributed by atoms with van der Waals surface area (Å²) in [5, 5.41) is 50.0. The fourth-order valence-corrected chi connectivity index (χ4v) is 8.27. The van der Waals surface area contributed by atoms with Crippen LogP contribution in [0.4, 0.5) is 0 Å². The Kier molecular flexibility index (Phi) is 41.0. The molecule has 0 spiro atoms. The Balaban J connectivity index is 2.49. The molecule has 476 valence electrons. The summed E-state index contributed by atoms with van der Waals surface area (Å²) in [7, 11) is 1.41. The smallest absolute Gasteiger partial charge is 0.326 e. The molecule has 6 atom stereocenters. The number of nitrogens with two attached hydrogens (primary N) is 2. The van der Waals surface area contributed by atoms with Crippen molar-refractivity contribution in [2.24, 2.45) is 11.5 Å². The van der Waals surface area contributed by atoms with E-state index in [2.05, 4.69) is 57.8 Å². The van der Waals surface area contributed by atoms with Crippen LogP contribution in [0.3, 0.4) is 0 Å². The van der Waals surface area contributed by atoms with Gasteiger partial charge in [-0.05, 0) is 25.7 Å². The third-order valence-corrected chi connectivity index (χ3v) is 13.0. The highest BCUT2D eigenvalue weighted by Gasteiger charge is 2.33. The van der Waals surface area contributed by atoms with Crippen molar-refractivity contribution in [2.75, 3.05) is 59.7 Å². The van der Waals surface area contributed by atoms with E-state index in [1.54, 1.807) is 0 Å². The summed E-state index contributed by atoms with van der Waals surface area (Å²) in [5.74, 6) is -9.95. The van der Waals surface area contributed by atoms with Gasteiger partial charge in [-0.1, -0.05) is 96.8 Å². The average Bonchev–Trinajstić information content (AvgIpc) is 4.16. The Morgan fingerprint density at radius 3 is 1.62 bits per heavy atom.